The molecular weight excluding hydrogens is 256 g/mol. The van der Waals surface area contributed by atoms with E-state index in [1.165, 1.54) is 5.56 Å². The Labute approximate surface area is 116 Å². The summed E-state index contributed by atoms with van der Waals surface area (Å²) in [5.74, 6) is -0.196. The van der Waals surface area contributed by atoms with Crippen molar-refractivity contribution in [1.29, 1.82) is 0 Å². The smallest absolute Gasteiger partial charge is 0.309 e. The highest BCUT2D eigenvalue weighted by atomic mass is 16.5. The van der Waals surface area contributed by atoms with Crippen LogP contribution in [-0.2, 0) is 11.3 Å². The molecule has 5 nitrogen and oxygen atoms in total. The molecule has 20 heavy (non-hydrogen) atoms. The lowest BCUT2D eigenvalue weighted by molar-refractivity contribution is -0.147. The molecule has 0 unspecified atom stereocenters. The average Bonchev–Trinajstić information content (AvgIpc) is 2.82. The first-order valence-corrected chi connectivity index (χ1v) is 6.59. The maximum atomic E-state index is 10.7. The number of benzene rings is 1. The quantitative estimate of drug-likeness (QED) is 0.924. The molecule has 104 valence electrons. The maximum absolute atomic E-state index is 10.7. The van der Waals surface area contributed by atoms with Crippen molar-refractivity contribution in [2.24, 2.45) is 5.92 Å². The Hall–Kier alpha value is -2.14. The van der Waals surface area contributed by atoms with Gasteiger partial charge in [0.05, 0.1) is 12.5 Å². The number of hydrogen-bond acceptors (Lipinski definition) is 4. The van der Waals surface area contributed by atoms with Crippen LogP contribution in [0.3, 0.4) is 0 Å². The molecule has 2 aromatic rings. The number of likely N-dealkylation sites (tertiary alicyclic amines) is 1. The number of aryl methyl sites for hydroxylation is 1. The first-order chi connectivity index (χ1) is 9.61. The highest BCUT2D eigenvalue weighted by Gasteiger charge is 2.32. The Bertz CT molecular complexity index is 612. The van der Waals surface area contributed by atoms with Crippen LogP contribution in [0.15, 0.2) is 34.9 Å². The lowest BCUT2D eigenvalue weighted by atomic mass is 10.0. The van der Waals surface area contributed by atoms with Crippen LogP contribution in [-0.4, -0.2) is 34.2 Å². The van der Waals surface area contributed by atoms with Crippen LogP contribution in [0, 0.1) is 12.8 Å². The van der Waals surface area contributed by atoms with E-state index >= 15 is 0 Å². The van der Waals surface area contributed by atoms with E-state index in [1.54, 1.807) is 0 Å². The summed E-state index contributed by atoms with van der Waals surface area (Å²) < 4.78 is 5.31. The molecule has 1 aliphatic rings. The Kier molecular flexibility index (Phi) is 3.28. The molecule has 0 bridgehead atoms. The molecule has 1 aromatic heterocycles. The molecule has 3 rings (SSSR count). The monoisotopic (exact) mass is 272 g/mol. The van der Waals surface area contributed by atoms with Gasteiger partial charge in [0.25, 0.3) is 0 Å². The van der Waals surface area contributed by atoms with Crippen LogP contribution in [0.25, 0.3) is 11.3 Å². The van der Waals surface area contributed by atoms with Gasteiger partial charge in [-0.1, -0.05) is 35.0 Å². The molecule has 0 saturated carbocycles. The third kappa shape index (κ3) is 2.58. The summed E-state index contributed by atoms with van der Waals surface area (Å²) >= 11 is 0. The molecule has 0 radical (unpaired) electrons. The van der Waals surface area contributed by atoms with Crippen LogP contribution < -0.4 is 0 Å². The number of carbonyl (C=O) groups is 1. The van der Waals surface area contributed by atoms with Crippen molar-refractivity contribution in [3.8, 4) is 11.3 Å². The zero-order valence-corrected chi connectivity index (χ0v) is 11.2. The van der Waals surface area contributed by atoms with Gasteiger partial charge in [-0.25, -0.2) is 0 Å². The maximum Gasteiger partial charge on any atom is 0.309 e. The predicted molar refractivity (Wildman–Crippen MR) is 73.1 cm³/mol. The minimum absolute atomic E-state index is 0.241. The number of rotatable bonds is 4. The molecule has 1 N–H and O–H groups in total. The summed E-state index contributed by atoms with van der Waals surface area (Å²) in [6.07, 6.45) is 0. The number of hydrogen-bond donors (Lipinski definition) is 1. The molecule has 2 heterocycles. The van der Waals surface area contributed by atoms with Crippen molar-refractivity contribution in [2.75, 3.05) is 13.1 Å². The molecular formula is C15H16N2O3. The molecule has 1 aromatic carbocycles. The minimum Gasteiger partial charge on any atom is -0.481 e. The van der Waals surface area contributed by atoms with Crippen LogP contribution in [0.5, 0.6) is 0 Å². The summed E-state index contributed by atoms with van der Waals surface area (Å²) in [5.41, 5.74) is 3.05. The molecule has 1 saturated heterocycles. The molecule has 0 atom stereocenters. The third-order valence-corrected chi connectivity index (χ3v) is 3.59. The van der Waals surface area contributed by atoms with E-state index in [9.17, 15) is 4.79 Å². The van der Waals surface area contributed by atoms with Crippen molar-refractivity contribution < 1.29 is 14.4 Å². The molecule has 0 spiro atoms. The van der Waals surface area contributed by atoms with E-state index in [4.69, 9.17) is 9.63 Å². The summed E-state index contributed by atoms with van der Waals surface area (Å²) in [4.78, 5) is 12.8. The lowest BCUT2D eigenvalue weighted by Crippen LogP contribution is -2.49. The molecule has 1 aliphatic heterocycles. The topological polar surface area (TPSA) is 66.6 Å². The summed E-state index contributed by atoms with van der Waals surface area (Å²) in [7, 11) is 0. The number of nitrogens with zero attached hydrogens (tertiary/aromatic N) is 2. The fraction of sp³-hybridized carbons (Fsp3) is 0.333. The summed E-state index contributed by atoms with van der Waals surface area (Å²) in [6, 6.07) is 10.0. The predicted octanol–water partition coefficient (Wildman–Crippen LogP) is 2.17. The second kappa shape index (κ2) is 5.09. The van der Waals surface area contributed by atoms with Crippen LogP contribution in [0.4, 0.5) is 0 Å². The number of carboxylic acid groups (broad SMARTS) is 1. The zero-order valence-electron chi connectivity index (χ0n) is 11.2. The zero-order chi connectivity index (χ0) is 14.1. The Morgan fingerprint density at radius 3 is 2.75 bits per heavy atom. The standard InChI is InChI=1S/C15H16N2O3/c1-10-2-4-11(5-3-10)14-6-13(20-16-14)9-17-7-12(8-17)15(18)19/h2-6,12H,7-9H2,1H3,(H,18,19). The van der Waals surface area contributed by atoms with Gasteiger partial charge < -0.3 is 9.63 Å². The van der Waals surface area contributed by atoms with E-state index in [0.29, 0.717) is 19.6 Å². The van der Waals surface area contributed by atoms with E-state index in [1.807, 2.05) is 42.2 Å². The average molecular weight is 272 g/mol. The van der Waals surface area contributed by atoms with Gasteiger partial charge in [-0.05, 0) is 6.92 Å². The van der Waals surface area contributed by atoms with Crippen molar-refractivity contribution in [2.45, 2.75) is 13.5 Å². The first-order valence-electron chi connectivity index (χ1n) is 6.59. The van der Waals surface area contributed by atoms with E-state index in [2.05, 4.69) is 5.16 Å². The normalized spacial score (nSPS) is 16.1. The summed E-state index contributed by atoms with van der Waals surface area (Å²) in [6.45, 7) is 3.81. The van der Waals surface area contributed by atoms with Crippen molar-refractivity contribution in [3.05, 3.63) is 41.7 Å². The van der Waals surface area contributed by atoms with E-state index in [-0.39, 0.29) is 5.92 Å². The van der Waals surface area contributed by atoms with Crippen molar-refractivity contribution >= 4 is 5.97 Å². The molecule has 0 amide bonds. The van der Waals surface area contributed by atoms with Crippen LogP contribution >= 0.6 is 0 Å². The molecule has 0 aliphatic carbocycles. The number of aromatic nitrogens is 1. The second-order valence-electron chi connectivity index (χ2n) is 5.27. The van der Waals surface area contributed by atoms with Crippen LogP contribution in [0.1, 0.15) is 11.3 Å². The van der Waals surface area contributed by atoms with Gasteiger partial charge in [0, 0.05) is 24.7 Å². The molecule has 1 fully saturated rings. The van der Waals surface area contributed by atoms with Gasteiger partial charge in [0.2, 0.25) is 0 Å². The van der Waals surface area contributed by atoms with Gasteiger partial charge in [-0.15, -0.1) is 0 Å². The first kappa shape index (κ1) is 12.9. The second-order valence-corrected chi connectivity index (χ2v) is 5.27. The largest absolute Gasteiger partial charge is 0.481 e. The van der Waals surface area contributed by atoms with Crippen molar-refractivity contribution in [3.63, 3.8) is 0 Å². The Morgan fingerprint density at radius 2 is 2.10 bits per heavy atom. The van der Waals surface area contributed by atoms with Gasteiger partial charge in [-0.3, -0.25) is 9.69 Å². The lowest BCUT2D eigenvalue weighted by Gasteiger charge is -2.35. The van der Waals surface area contributed by atoms with Gasteiger partial charge in [0.15, 0.2) is 5.76 Å². The van der Waals surface area contributed by atoms with E-state index in [0.717, 1.165) is 17.0 Å². The van der Waals surface area contributed by atoms with Gasteiger partial charge >= 0.3 is 5.97 Å². The summed E-state index contributed by atoms with van der Waals surface area (Å²) in [5, 5.41) is 12.9. The fourth-order valence-corrected chi connectivity index (χ4v) is 2.32. The Morgan fingerprint density at radius 1 is 1.40 bits per heavy atom. The highest BCUT2D eigenvalue weighted by Crippen LogP contribution is 2.23. The van der Waals surface area contributed by atoms with Crippen LogP contribution in [0.2, 0.25) is 0 Å². The van der Waals surface area contributed by atoms with E-state index < -0.39 is 5.97 Å². The van der Waals surface area contributed by atoms with Gasteiger partial charge in [0.1, 0.15) is 5.69 Å². The SMILES string of the molecule is Cc1ccc(-c2cc(CN3CC(C(=O)O)C3)on2)cc1. The Balaban J connectivity index is 1.63. The van der Waals surface area contributed by atoms with Crippen molar-refractivity contribution in [1.82, 2.24) is 10.1 Å². The fourth-order valence-electron chi connectivity index (χ4n) is 2.32. The third-order valence-electron chi connectivity index (χ3n) is 3.59. The highest BCUT2D eigenvalue weighted by molar-refractivity contribution is 5.71. The minimum atomic E-state index is -0.723. The number of aliphatic carboxylic acids is 1. The van der Waals surface area contributed by atoms with Gasteiger partial charge in [-0.2, -0.15) is 0 Å². The molecule has 5 heteroatoms. The number of carboxylic acids is 1.